The van der Waals surface area contributed by atoms with E-state index in [2.05, 4.69) is 21.2 Å². The zero-order chi connectivity index (χ0) is 12.3. The molecule has 5 heteroatoms. The van der Waals surface area contributed by atoms with Crippen molar-refractivity contribution < 1.29 is 9.90 Å². The van der Waals surface area contributed by atoms with E-state index in [0.29, 0.717) is 11.4 Å². The van der Waals surface area contributed by atoms with Gasteiger partial charge < -0.3 is 10.4 Å². The fourth-order valence-corrected chi connectivity index (χ4v) is 2.80. The molecular formula is C12H10BrNO2S. The highest BCUT2D eigenvalue weighted by Gasteiger charge is 2.10. The molecule has 0 fully saturated rings. The Morgan fingerprint density at radius 3 is 2.59 bits per heavy atom. The van der Waals surface area contributed by atoms with Crippen LogP contribution in [0.2, 0.25) is 0 Å². The minimum absolute atomic E-state index is 0.0973. The second-order valence-corrected chi connectivity index (χ2v) is 5.22. The van der Waals surface area contributed by atoms with E-state index in [1.54, 1.807) is 24.3 Å². The number of nitrogens with one attached hydrogen (secondary N) is 1. The fourth-order valence-electron chi connectivity index (χ4n) is 1.33. The normalized spacial score (nSPS) is 10.2. The molecule has 0 aliphatic rings. The topological polar surface area (TPSA) is 49.3 Å². The van der Waals surface area contributed by atoms with Crippen LogP contribution < -0.4 is 5.32 Å². The predicted octanol–water partition coefficient (Wildman–Crippen LogP) is 3.15. The van der Waals surface area contributed by atoms with Crippen molar-refractivity contribution in [3.05, 3.63) is 50.6 Å². The molecule has 0 bridgehead atoms. The Bertz CT molecular complexity index is 522. The summed E-state index contributed by atoms with van der Waals surface area (Å²) in [6, 6.07) is 8.60. The minimum Gasteiger partial charge on any atom is -0.508 e. The van der Waals surface area contributed by atoms with Crippen LogP contribution in [0.3, 0.4) is 0 Å². The number of aromatic hydroxyl groups is 1. The third kappa shape index (κ3) is 3.08. The first-order chi connectivity index (χ1) is 8.16. The molecule has 0 atom stereocenters. The van der Waals surface area contributed by atoms with E-state index in [9.17, 15) is 4.79 Å². The first-order valence-electron chi connectivity index (χ1n) is 4.96. The molecule has 2 aromatic rings. The largest absolute Gasteiger partial charge is 0.508 e. The number of phenols is 1. The Morgan fingerprint density at radius 1 is 1.29 bits per heavy atom. The quantitative estimate of drug-likeness (QED) is 0.915. The number of benzene rings is 1. The van der Waals surface area contributed by atoms with Gasteiger partial charge in [0.25, 0.3) is 5.91 Å². The molecular weight excluding hydrogens is 302 g/mol. The van der Waals surface area contributed by atoms with E-state index in [-0.39, 0.29) is 11.7 Å². The number of carbonyl (C=O) groups excluding carboxylic acids is 1. The Morgan fingerprint density at radius 2 is 2.00 bits per heavy atom. The van der Waals surface area contributed by atoms with Gasteiger partial charge in [0.15, 0.2) is 0 Å². The molecule has 0 spiro atoms. The minimum atomic E-state index is -0.0973. The zero-order valence-corrected chi connectivity index (χ0v) is 11.2. The molecule has 0 aliphatic heterocycles. The molecule has 17 heavy (non-hydrogen) atoms. The summed E-state index contributed by atoms with van der Waals surface area (Å²) in [5.41, 5.74) is 0.948. The number of hydrogen-bond donors (Lipinski definition) is 2. The van der Waals surface area contributed by atoms with Gasteiger partial charge in [-0.3, -0.25) is 4.79 Å². The molecule has 0 saturated heterocycles. The first-order valence-corrected chi connectivity index (χ1v) is 6.63. The van der Waals surface area contributed by atoms with Crippen LogP contribution in [0.5, 0.6) is 5.75 Å². The molecule has 1 aromatic heterocycles. The van der Waals surface area contributed by atoms with Gasteiger partial charge in [0, 0.05) is 11.0 Å². The monoisotopic (exact) mass is 311 g/mol. The molecule has 0 aliphatic carbocycles. The van der Waals surface area contributed by atoms with Gasteiger partial charge in [0.05, 0.1) is 0 Å². The summed E-state index contributed by atoms with van der Waals surface area (Å²) in [7, 11) is 0. The van der Waals surface area contributed by atoms with Crippen molar-refractivity contribution in [1.82, 2.24) is 5.32 Å². The van der Waals surface area contributed by atoms with E-state index in [1.807, 2.05) is 11.4 Å². The maximum Gasteiger partial charge on any atom is 0.262 e. The van der Waals surface area contributed by atoms with Crippen molar-refractivity contribution in [2.24, 2.45) is 0 Å². The number of halogens is 1. The van der Waals surface area contributed by atoms with E-state index >= 15 is 0 Å². The highest BCUT2D eigenvalue weighted by Crippen LogP contribution is 2.22. The van der Waals surface area contributed by atoms with E-state index in [1.165, 1.54) is 11.3 Å². The summed E-state index contributed by atoms with van der Waals surface area (Å²) < 4.78 is 0.811. The molecule has 3 nitrogen and oxygen atoms in total. The van der Waals surface area contributed by atoms with E-state index in [0.717, 1.165) is 10.0 Å². The van der Waals surface area contributed by atoms with Gasteiger partial charge in [-0.25, -0.2) is 0 Å². The van der Waals surface area contributed by atoms with Gasteiger partial charge in [-0.15, -0.1) is 11.3 Å². The number of amides is 1. The highest BCUT2D eigenvalue weighted by atomic mass is 79.9. The lowest BCUT2D eigenvalue weighted by molar-refractivity contribution is 0.0954. The first kappa shape index (κ1) is 12.1. The van der Waals surface area contributed by atoms with Gasteiger partial charge in [-0.05, 0) is 45.1 Å². The van der Waals surface area contributed by atoms with Crippen LogP contribution in [0.25, 0.3) is 0 Å². The lowest BCUT2D eigenvalue weighted by atomic mass is 10.2. The number of rotatable bonds is 3. The molecule has 88 valence electrons. The van der Waals surface area contributed by atoms with Crippen LogP contribution in [0, 0.1) is 0 Å². The average Bonchev–Trinajstić information content (AvgIpc) is 2.74. The summed E-state index contributed by atoms with van der Waals surface area (Å²) in [5.74, 6) is 0.126. The molecule has 1 amide bonds. The smallest absolute Gasteiger partial charge is 0.262 e. The van der Waals surface area contributed by atoms with Crippen molar-refractivity contribution in [2.45, 2.75) is 6.54 Å². The van der Waals surface area contributed by atoms with Crippen LogP contribution in [-0.2, 0) is 6.54 Å². The third-order valence-electron chi connectivity index (χ3n) is 2.21. The van der Waals surface area contributed by atoms with Gasteiger partial charge in [-0.1, -0.05) is 12.1 Å². The van der Waals surface area contributed by atoms with Crippen molar-refractivity contribution in [2.75, 3.05) is 0 Å². The van der Waals surface area contributed by atoms with Crippen molar-refractivity contribution in [3.63, 3.8) is 0 Å². The fraction of sp³-hybridized carbons (Fsp3) is 0.0833. The van der Waals surface area contributed by atoms with Gasteiger partial charge in [0.2, 0.25) is 0 Å². The molecule has 2 N–H and O–H groups in total. The van der Waals surface area contributed by atoms with Crippen LogP contribution in [0.15, 0.2) is 40.2 Å². The van der Waals surface area contributed by atoms with E-state index < -0.39 is 0 Å². The molecule has 2 rings (SSSR count). The van der Waals surface area contributed by atoms with Gasteiger partial charge >= 0.3 is 0 Å². The maximum atomic E-state index is 11.8. The number of thiophene rings is 1. The van der Waals surface area contributed by atoms with Crippen molar-refractivity contribution in [1.29, 1.82) is 0 Å². The molecule has 0 saturated carbocycles. The van der Waals surface area contributed by atoms with Gasteiger partial charge in [-0.2, -0.15) is 0 Å². The Labute approximate surface area is 111 Å². The van der Waals surface area contributed by atoms with Crippen LogP contribution in [0.1, 0.15) is 15.2 Å². The lowest BCUT2D eigenvalue weighted by Crippen LogP contribution is -2.22. The Kier molecular flexibility index (Phi) is 3.81. The van der Waals surface area contributed by atoms with E-state index in [4.69, 9.17) is 5.11 Å². The Balaban J connectivity index is 1.97. The zero-order valence-electron chi connectivity index (χ0n) is 8.81. The maximum absolute atomic E-state index is 11.8. The highest BCUT2D eigenvalue weighted by molar-refractivity contribution is 9.10. The number of hydrogen-bond acceptors (Lipinski definition) is 3. The third-order valence-corrected chi connectivity index (χ3v) is 4.05. The summed E-state index contributed by atoms with van der Waals surface area (Å²) in [4.78, 5) is 12.5. The molecule has 0 radical (unpaired) electrons. The van der Waals surface area contributed by atoms with Crippen molar-refractivity contribution >= 4 is 33.2 Å². The van der Waals surface area contributed by atoms with Crippen LogP contribution >= 0.6 is 27.3 Å². The predicted molar refractivity (Wildman–Crippen MR) is 71.3 cm³/mol. The standard InChI is InChI=1S/C12H10BrNO2S/c13-10-5-6-17-11(10)12(16)14-7-8-1-3-9(15)4-2-8/h1-6,15H,7H2,(H,14,16). The average molecular weight is 312 g/mol. The van der Waals surface area contributed by atoms with Crippen LogP contribution in [-0.4, -0.2) is 11.0 Å². The summed E-state index contributed by atoms with van der Waals surface area (Å²) in [5, 5.41) is 13.8. The summed E-state index contributed by atoms with van der Waals surface area (Å²) >= 11 is 4.72. The van der Waals surface area contributed by atoms with Gasteiger partial charge in [0.1, 0.15) is 10.6 Å². The molecule has 1 heterocycles. The second kappa shape index (κ2) is 5.33. The molecule has 0 unspecified atom stereocenters. The number of carbonyl (C=O) groups is 1. The summed E-state index contributed by atoms with van der Waals surface area (Å²) in [6.07, 6.45) is 0. The SMILES string of the molecule is O=C(NCc1ccc(O)cc1)c1sccc1Br. The number of phenolic OH excluding ortho intramolecular Hbond substituents is 1. The molecule has 1 aromatic carbocycles. The summed E-state index contributed by atoms with van der Waals surface area (Å²) in [6.45, 7) is 0.448. The van der Waals surface area contributed by atoms with Crippen molar-refractivity contribution in [3.8, 4) is 5.75 Å². The Hall–Kier alpha value is -1.33. The van der Waals surface area contributed by atoms with Crippen LogP contribution in [0.4, 0.5) is 0 Å². The second-order valence-electron chi connectivity index (χ2n) is 3.45. The lowest BCUT2D eigenvalue weighted by Gasteiger charge is -2.04.